The van der Waals surface area contributed by atoms with Gasteiger partial charge in [0.25, 0.3) is 0 Å². The summed E-state index contributed by atoms with van der Waals surface area (Å²) in [4.78, 5) is 8.42. The summed E-state index contributed by atoms with van der Waals surface area (Å²) in [5.41, 5.74) is 9.59. The summed E-state index contributed by atoms with van der Waals surface area (Å²) < 4.78 is 5.45. The molecule has 2 rings (SSSR count). The van der Waals surface area contributed by atoms with Crippen LogP contribution in [-0.4, -0.2) is 17.1 Å². The number of benzene rings is 1. The maximum atomic E-state index is 5.73. The quantitative estimate of drug-likeness (QED) is 0.910. The van der Waals surface area contributed by atoms with E-state index in [2.05, 4.69) is 36.8 Å². The van der Waals surface area contributed by atoms with Gasteiger partial charge in [0.05, 0.1) is 12.8 Å². The van der Waals surface area contributed by atoms with Crippen LogP contribution in [0.1, 0.15) is 32.0 Å². The average molecular weight is 271 g/mol. The molecule has 0 aliphatic carbocycles. The third-order valence-corrected chi connectivity index (χ3v) is 3.17. The van der Waals surface area contributed by atoms with Crippen LogP contribution < -0.4 is 10.5 Å². The fraction of sp³-hybridized carbons (Fsp3) is 0.375. The molecule has 1 aromatic heterocycles. The van der Waals surface area contributed by atoms with Crippen LogP contribution in [0.25, 0.3) is 11.3 Å². The van der Waals surface area contributed by atoms with Gasteiger partial charge in [0.1, 0.15) is 5.75 Å². The van der Waals surface area contributed by atoms with E-state index in [1.807, 2.05) is 25.1 Å². The standard InChI is InChI=1S/C16H21N3O/c1-10-8-13(19-15(17)18-10)11-6-7-14(20-5)12(9-11)16(2,3)4/h6-9H,1-5H3,(H2,17,18,19). The van der Waals surface area contributed by atoms with Crippen molar-refractivity contribution in [2.75, 3.05) is 12.8 Å². The summed E-state index contributed by atoms with van der Waals surface area (Å²) in [5.74, 6) is 1.19. The van der Waals surface area contributed by atoms with Crippen LogP contribution in [0.15, 0.2) is 24.3 Å². The first-order valence-corrected chi connectivity index (χ1v) is 6.61. The van der Waals surface area contributed by atoms with E-state index >= 15 is 0 Å². The zero-order valence-corrected chi connectivity index (χ0v) is 12.7. The first kappa shape index (κ1) is 14.3. The van der Waals surface area contributed by atoms with Crippen LogP contribution in [0.5, 0.6) is 5.75 Å². The molecular formula is C16H21N3O. The maximum absolute atomic E-state index is 5.73. The third-order valence-electron chi connectivity index (χ3n) is 3.17. The number of nitrogens with two attached hydrogens (primary N) is 1. The van der Waals surface area contributed by atoms with Crippen molar-refractivity contribution < 1.29 is 4.74 Å². The largest absolute Gasteiger partial charge is 0.496 e. The Labute approximate surface area is 120 Å². The minimum Gasteiger partial charge on any atom is -0.496 e. The lowest BCUT2D eigenvalue weighted by molar-refractivity contribution is 0.397. The Hall–Kier alpha value is -2.10. The van der Waals surface area contributed by atoms with E-state index in [-0.39, 0.29) is 5.41 Å². The fourth-order valence-electron chi connectivity index (χ4n) is 2.19. The van der Waals surface area contributed by atoms with Crippen molar-refractivity contribution in [1.29, 1.82) is 0 Å². The Balaban J connectivity index is 2.58. The molecule has 1 heterocycles. The molecule has 0 spiro atoms. The number of hydrogen-bond acceptors (Lipinski definition) is 4. The monoisotopic (exact) mass is 271 g/mol. The van der Waals surface area contributed by atoms with Crippen molar-refractivity contribution in [3.63, 3.8) is 0 Å². The van der Waals surface area contributed by atoms with Crippen molar-refractivity contribution in [1.82, 2.24) is 9.97 Å². The molecule has 106 valence electrons. The van der Waals surface area contributed by atoms with Crippen LogP contribution in [-0.2, 0) is 5.41 Å². The molecule has 0 aliphatic heterocycles. The summed E-state index contributed by atoms with van der Waals surface area (Å²) in [6, 6.07) is 8.02. The molecule has 0 amide bonds. The Kier molecular flexibility index (Phi) is 3.66. The van der Waals surface area contributed by atoms with Gasteiger partial charge in [0.15, 0.2) is 0 Å². The van der Waals surface area contributed by atoms with Gasteiger partial charge in [0, 0.05) is 16.8 Å². The van der Waals surface area contributed by atoms with Gasteiger partial charge < -0.3 is 10.5 Å². The molecule has 0 saturated heterocycles. The van der Waals surface area contributed by atoms with E-state index < -0.39 is 0 Å². The summed E-state index contributed by atoms with van der Waals surface area (Å²) in [6.45, 7) is 8.40. The molecule has 2 N–H and O–H groups in total. The van der Waals surface area contributed by atoms with Crippen molar-refractivity contribution in [3.8, 4) is 17.0 Å². The lowest BCUT2D eigenvalue weighted by Crippen LogP contribution is -2.13. The van der Waals surface area contributed by atoms with Gasteiger partial charge in [-0.05, 0) is 36.6 Å². The molecule has 0 saturated carbocycles. The van der Waals surface area contributed by atoms with Crippen molar-refractivity contribution in [2.24, 2.45) is 0 Å². The molecular weight excluding hydrogens is 250 g/mol. The number of nitrogen functional groups attached to an aromatic ring is 1. The van der Waals surface area contributed by atoms with Gasteiger partial charge in [-0.25, -0.2) is 9.97 Å². The Bertz CT molecular complexity index is 610. The van der Waals surface area contributed by atoms with E-state index in [9.17, 15) is 0 Å². The van der Waals surface area contributed by atoms with Crippen molar-refractivity contribution >= 4 is 5.95 Å². The van der Waals surface area contributed by atoms with Crippen LogP contribution >= 0.6 is 0 Å². The average Bonchev–Trinajstić information content (AvgIpc) is 2.35. The predicted octanol–water partition coefficient (Wildman–Crippen LogP) is 3.34. The normalized spacial score (nSPS) is 11.4. The molecule has 0 unspecified atom stereocenters. The molecule has 20 heavy (non-hydrogen) atoms. The number of nitrogens with zero attached hydrogens (tertiary/aromatic N) is 2. The number of ether oxygens (including phenoxy) is 1. The number of rotatable bonds is 2. The molecule has 0 fully saturated rings. The first-order valence-electron chi connectivity index (χ1n) is 6.61. The smallest absolute Gasteiger partial charge is 0.220 e. The minimum absolute atomic E-state index is 0.00499. The Morgan fingerprint density at radius 3 is 2.35 bits per heavy atom. The van der Waals surface area contributed by atoms with Gasteiger partial charge in [-0.3, -0.25) is 0 Å². The van der Waals surface area contributed by atoms with Gasteiger partial charge in [0.2, 0.25) is 5.95 Å². The Morgan fingerprint density at radius 1 is 1.10 bits per heavy atom. The zero-order valence-electron chi connectivity index (χ0n) is 12.7. The number of methoxy groups -OCH3 is 1. The van der Waals surface area contributed by atoms with Crippen LogP contribution in [0.4, 0.5) is 5.95 Å². The SMILES string of the molecule is COc1ccc(-c2cc(C)nc(N)n2)cc1C(C)(C)C. The summed E-state index contributed by atoms with van der Waals surface area (Å²) >= 11 is 0. The number of anilines is 1. The summed E-state index contributed by atoms with van der Waals surface area (Å²) in [5, 5.41) is 0. The minimum atomic E-state index is -0.00499. The van der Waals surface area contributed by atoms with Crippen LogP contribution in [0, 0.1) is 6.92 Å². The molecule has 4 heteroatoms. The molecule has 4 nitrogen and oxygen atoms in total. The highest BCUT2D eigenvalue weighted by Crippen LogP contribution is 2.34. The fourth-order valence-corrected chi connectivity index (χ4v) is 2.19. The maximum Gasteiger partial charge on any atom is 0.220 e. The molecule has 0 atom stereocenters. The lowest BCUT2D eigenvalue weighted by Gasteiger charge is -2.23. The van der Waals surface area contributed by atoms with Gasteiger partial charge in [-0.15, -0.1) is 0 Å². The second-order valence-corrected chi connectivity index (χ2v) is 5.92. The second kappa shape index (κ2) is 5.12. The first-order chi connectivity index (χ1) is 9.31. The molecule has 0 radical (unpaired) electrons. The predicted molar refractivity (Wildman–Crippen MR) is 81.9 cm³/mol. The van der Waals surface area contributed by atoms with Crippen molar-refractivity contribution in [3.05, 3.63) is 35.5 Å². The topological polar surface area (TPSA) is 61.0 Å². The molecule has 0 aliphatic rings. The van der Waals surface area contributed by atoms with Crippen LogP contribution in [0.3, 0.4) is 0 Å². The van der Waals surface area contributed by atoms with E-state index in [1.54, 1.807) is 7.11 Å². The molecule has 1 aromatic carbocycles. The van der Waals surface area contributed by atoms with Gasteiger partial charge in [-0.2, -0.15) is 0 Å². The van der Waals surface area contributed by atoms with Gasteiger partial charge >= 0.3 is 0 Å². The van der Waals surface area contributed by atoms with Crippen LogP contribution in [0.2, 0.25) is 0 Å². The summed E-state index contributed by atoms with van der Waals surface area (Å²) in [6.07, 6.45) is 0. The van der Waals surface area contributed by atoms with E-state index in [4.69, 9.17) is 10.5 Å². The highest BCUT2D eigenvalue weighted by molar-refractivity contribution is 5.64. The number of aromatic nitrogens is 2. The molecule has 2 aromatic rings. The Morgan fingerprint density at radius 2 is 1.80 bits per heavy atom. The number of aryl methyl sites for hydroxylation is 1. The number of hydrogen-bond donors (Lipinski definition) is 1. The third kappa shape index (κ3) is 2.90. The van der Waals surface area contributed by atoms with Crippen molar-refractivity contribution in [2.45, 2.75) is 33.1 Å². The molecule has 0 bridgehead atoms. The zero-order chi connectivity index (χ0) is 14.9. The highest BCUT2D eigenvalue weighted by Gasteiger charge is 2.20. The van der Waals surface area contributed by atoms with E-state index in [0.717, 1.165) is 28.3 Å². The van der Waals surface area contributed by atoms with E-state index in [0.29, 0.717) is 5.95 Å². The second-order valence-electron chi connectivity index (χ2n) is 5.92. The highest BCUT2D eigenvalue weighted by atomic mass is 16.5. The summed E-state index contributed by atoms with van der Waals surface area (Å²) in [7, 11) is 1.69. The van der Waals surface area contributed by atoms with E-state index in [1.165, 1.54) is 0 Å². The van der Waals surface area contributed by atoms with Gasteiger partial charge in [-0.1, -0.05) is 20.8 Å². The lowest BCUT2D eigenvalue weighted by atomic mass is 9.85.